The van der Waals surface area contributed by atoms with Crippen LogP contribution in [0.2, 0.25) is 0 Å². The maximum absolute atomic E-state index is 5.69. The zero-order valence-corrected chi connectivity index (χ0v) is 11.4. The van der Waals surface area contributed by atoms with Crippen LogP contribution >= 0.6 is 23.1 Å². The lowest BCUT2D eigenvalue weighted by atomic mass is 9.88. The van der Waals surface area contributed by atoms with Crippen LogP contribution in [-0.4, -0.2) is 17.3 Å². The molecule has 86 valence electrons. The average molecular weight is 244 g/mol. The molecule has 4 heteroatoms. The minimum absolute atomic E-state index is 0.291. The third kappa shape index (κ3) is 5.00. The highest BCUT2D eigenvalue weighted by atomic mass is 32.2. The van der Waals surface area contributed by atoms with Gasteiger partial charge in [-0.15, -0.1) is 11.3 Å². The van der Waals surface area contributed by atoms with Crippen molar-refractivity contribution in [2.75, 3.05) is 12.3 Å². The lowest BCUT2D eigenvalue weighted by molar-refractivity contribution is 0.345. The quantitative estimate of drug-likeness (QED) is 0.616. The van der Waals surface area contributed by atoms with Gasteiger partial charge in [0, 0.05) is 16.8 Å². The summed E-state index contributed by atoms with van der Waals surface area (Å²) < 4.78 is 1.19. The molecule has 0 unspecified atom stereocenters. The number of hydrogen-bond donors (Lipinski definition) is 1. The first-order chi connectivity index (χ1) is 7.03. The van der Waals surface area contributed by atoms with E-state index in [1.165, 1.54) is 17.2 Å². The van der Waals surface area contributed by atoms with Gasteiger partial charge >= 0.3 is 0 Å². The van der Waals surface area contributed by atoms with E-state index < -0.39 is 0 Å². The number of thioether (sulfide) groups is 1. The van der Waals surface area contributed by atoms with Gasteiger partial charge in [-0.3, -0.25) is 0 Å². The molecule has 0 fully saturated rings. The summed E-state index contributed by atoms with van der Waals surface area (Å²) in [4.78, 5) is 4.42. The Balaban J connectivity index is 2.17. The van der Waals surface area contributed by atoms with E-state index in [0.717, 1.165) is 18.0 Å². The van der Waals surface area contributed by atoms with Gasteiger partial charge in [0.1, 0.15) is 4.34 Å². The Hall–Kier alpha value is -0.0600. The molecule has 1 aromatic heterocycles. The molecule has 1 heterocycles. The topological polar surface area (TPSA) is 38.9 Å². The summed E-state index contributed by atoms with van der Waals surface area (Å²) in [5.74, 6) is 1.15. The first kappa shape index (κ1) is 13.0. The second kappa shape index (κ2) is 5.87. The van der Waals surface area contributed by atoms with Crippen molar-refractivity contribution in [3.05, 3.63) is 11.1 Å². The molecule has 0 bridgehead atoms. The van der Waals surface area contributed by atoms with Crippen molar-refractivity contribution >= 4 is 23.1 Å². The van der Waals surface area contributed by atoms with Crippen molar-refractivity contribution in [1.29, 1.82) is 0 Å². The van der Waals surface area contributed by atoms with Crippen LogP contribution in [0.15, 0.2) is 9.72 Å². The third-order valence-electron chi connectivity index (χ3n) is 2.37. The maximum Gasteiger partial charge on any atom is 0.150 e. The molecule has 1 rings (SSSR count). The third-order valence-corrected chi connectivity index (χ3v) is 4.60. The van der Waals surface area contributed by atoms with Gasteiger partial charge in [0.2, 0.25) is 0 Å². The van der Waals surface area contributed by atoms with E-state index in [4.69, 9.17) is 5.73 Å². The van der Waals surface area contributed by atoms with Crippen LogP contribution in [0.4, 0.5) is 0 Å². The van der Waals surface area contributed by atoms with Gasteiger partial charge in [-0.1, -0.05) is 25.6 Å². The molecule has 0 amide bonds. The van der Waals surface area contributed by atoms with Gasteiger partial charge in [0.05, 0.1) is 0 Å². The fourth-order valence-electron chi connectivity index (χ4n) is 1.21. The molecule has 0 aliphatic rings. The first-order valence-corrected chi connectivity index (χ1v) is 7.15. The number of thiazole rings is 1. The smallest absolute Gasteiger partial charge is 0.150 e. The molecule has 0 saturated carbocycles. The van der Waals surface area contributed by atoms with Crippen molar-refractivity contribution in [2.24, 2.45) is 11.1 Å². The molecule has 0 aliphatic carbocycles. The number of rotatable bonds is 6. The second-order valence-electron chi connectivity index (χ2n) is 4.58. The highest BCUT2D eigenvalue weighted by Gasteiger charge is 2.14. The Morgan fingerprint density at radius 3 is 2.80 bits per heavy atom. The summed E-state index contributed by atoms with van der Waals surface area (Å²) in [6.07, 6.45) is 2.41. The van der Waals surface area contributed by atoms with Crippen LogP contribution < -0.4 is 5.73 Å². The van der Waals surface area contributed by atoms with Gasteiger partial charge < -0.3 is 5.73 Å². The standard InChI is InChI=1S/C11H20N2S2/c1-9-7-15-10(13-9)14-6-4-5-11(2,3)8-12/h7H,4-6,8,12H2,1-3H3. The van der Waals surface area contributed by atoms with Gasteiger partial charge in [0.25, 0.3) is 0 Å². The predicted octanol–water partition coefficient (Wildman–Crippen LogP) is 3.31. The van der Waals surface area contributed by atoms with Gasteiger partial charge in [-0.25, -0.2) is 4.98 Å². The first-order valence-electron chi connectivity index (χ1n) is 5.28. The molecule has 0 saturated heterocycles. The van der Waals surface area contributed by atoms with E-state index >= 15 is 0 Å². The lowest BCUT2D eigenvalue weighted by Crippen LogP contribution is -2.23. The van der Waals surface area contributed by atoms with E-state index in [9.17, 15) is 0 Å². The minimum Gasteiger partial charge on any atom is -0.330 e. The maximum atomic E-state index is 5.69. The fraction of sp³-hybridized carbons (Fsp3) is 0.727. The number of nitrogens with two attached hydrogens (primary N) is 1. The molecule has 0 radical (unpaired) electrons. The van der Waals surface area contributed by atoms with Crippen molar-refractivity contribution in [2.45, 2.75) is 38.0 Å². The Morgan fingerprint density at radius 1 is 1.53 bits per heavy atom. The predicted molar refractivity (Wildman–Crippen MR) is 69.6 cm³/mol. The normalized spacial score (nSPS) is 12.0. The molecule has 2 nitrogen and oxygen atoms in total. The van der Waals surface area contributed by atoms with Gasteiger partial charge in [-0.2, -0.15) is 0 Å². The molecule has 2 N–H and O–H groups in total. The molecular formula is C11H20N2S2. The van der Waals surface area contributed by atoms with Crippen molar-refractivity contribution in [3.8, 4) is 0 Å². The largest absolute Gasteiger partial charge is 0.330 e. The second-order valence-corrected chi connectivity index (χ2v) is 6.78. The van der Waals surface area contributed by atoms with Gasteiger partial charge in [-0.05, 0) is 31.7 Å². The Labute approximate surface area is 101 Å². The highest BCUT2D eigenvalue weighted by Crippen LogP contribution is 2.26. The van der Waals surface area contributed by atoms with E-state index in [2.05, 4.69) is 24.2 Å². The van der Waals surface area contributed by atoms with Crippen molar-refractivity contribution < 1.29 is 0 Å². The lowest BCUT2D eigenvalue weighted by Gasteiger charge is -2.21. The summed E-state index contributed by atoms with van der Waals surface area (Å²) in [6, 6.07) is 0. The summed E-state index contributed by atoms with van der Waals surface area (Å²) in [7, 11) is 0. The SMILES string of the molecule is Cc1csc(SCCCC(C)(C)CN)n1. The molecule has 0 aliphatic heterocycles. The van der Waals surface area contributed by atoms with E-state index in [1.54, 1.807) is 11.3 Å². The number of aromatic nitrogens is 1. The van der Waals surface area contributed by atoms with E-state index in [1.807, 2.05) is 18.7 Å². The van der Waals surface area contributed by atoms with E-state index in [0.29, 0.717) is 5.41 Å². The zero-order chi connectivity index (χ0) is 11.3. The average Bonchev–Trinajstić information content (AvgIpc) is 2.59. The molecule has 15 heavy (non-hydrogen) atoms. The summed E-state index contributed by atoms with van der Waals surface area (Å²) in [6.45, 7) is 7.27. The monoisotopic (exact) mass is 244 g/mol. The van der Waals surface area contributed by atoms with Crippen LogP contribution in [0.3, 0.4) is 0 Å². The van der Waals surface area contributed by atoms with Crippen LogP contribution in [0.25, 0.3) is 0 Å². The van der Waals surface area contributed by atoms with Crippen LogP contribution in [-0.2, 0) is 0 Å². The van der Waals surface area contributed by atoms with Crippen molar-refractivity contribution in [3.63, 3.8) is 0 Å². The number of nitrogens with zero attached hydrogens (tertiary/aromatic N) is 1. The molecule has 0 atom stereocenters. The Bertz CT molecular complexity index is 295. The molecule has 0 aromatic carbocycles. The van der Waals surface area contributed by atoms with Crippen LogP contribution in [0, 0.1) is 12.3 Å². The fourth-order valence-corrected chi connectivity index (χ4v) is 3.07. The Morgan fingerprint density at radius 2 is 2.27 bits per heavy atom. The minimum atomic E-state index is 0.291. The molecule has 1 aromatic rings. The Kier molecular flexibility index (Phi) is 5.09. The summed E-state index contributed by atoms with van der Waals surface area (Å²) in [5.41, 5.74) is 7.11. The van der Waals surface area contributed by atoms with Crippen molar-refractivity contribution in [1.82, 2.24) is 4.98 Å². The summed E-state index contributed by atoms with van der Waals surface area (Å²) >= 11 is 3.60. The molecule has 0 spiro atoms. The highest BCUT2D eigenvalue weighted by molar-refractivity contribution is 8.00. The number of aryl methyl sites for hydroxylation is 1. The van der Waals surface area contributed by atoms with E-state index in [-0.39, 0.29) is 0 Å². The summed E-state index contributed by atoms with van der Waals surface area (Å²) in [5, 5.41) is 2.10. The van der Waals surface area contributed by atoms with Gasteiger partial charge in [0.15, 0.2) is 0 Å². The zero-order valence-electron chi connectivity index (χ0n) is 9.75. The number of hydrogen-bond acceptors (Lipinski definition) is 4. The molecular weight excluding hydrogens is 224 g/mol. The van der Waals surface area contributed by atoms with Crippen LogP contribution in [0.5, 0.6) is 0 Å². The van der Waals surface area contributed by atoms with Crippen LogP contribution in [0.1, 0.15) is 32.4 Å².